The quantitative estimate of drug-likeness (QED) is 0.611. The molecule has 0 aromatic carbocycles. The summed E-state index contributed by atoms with van der Waals surface area (Å²) in [5, 5.41) is 8.67. The average Bonchev–Trinajstić information content (AvgIpc) is 2.04. The minimum Gasteiger partial charge on any atom is -0.381 e. The third-order valence-electron chi connectivity index (χ3n) is 1.67. The molecule has 70 valence electrons. The molecule has 0 saturated heterocycles. The van der Waals surface area contributed by atoms with Crippen LogP contribution in [0.25, 0.3) is 0 Å². The van der Waals surface area contributed by atoms with Crippen molar-refractivity contribution in [2.75, 3.05) is 19.8 Å². The Hall–Kier alpha value is -0.590. The Bertz CT molecular complexity index is 149. The molecule has 3 heteroatoms. The molecule has 3 nitrogen and oxygen atoms in total. The Morgan fingerprint density at radius 2 is 2.08 bits per heavy atom. The van der Waals surface area contributed by atoms with E-state index in [9.17, 15) is 0 Å². The van der Waals surface area contributed by atoms with Gasteiger partial charge in [0, 0.05) is 13.2 Å². The summed E-state index contributed by atoms with van der Waals surface area (Å²) >= 11 is 0. The minimum atomic E-state index is -0.261. The first kappa shape index (κ1) is 11.4. The lowest BCUT2D eigenvalue weighted by molar-refractivity contribution is 0.114. The standard InChI is InChI=1S/C9H18N2O/c1-9(2,8-11)4-7-12-6-3-5-10/h3-7,10H2,1-2H3. The van der Waals surface area contributed by atoms with E-state index in [2.05, 4.69) is 6.07 Å². The van der Waals surface area contributed by atoms with Crippen LogP contribution in [0, 0.1) is 16.7 Å². The molecule has 0 heterocycles. The first-order valence-corrected chi connectivity index (χ1v) is 4.31. The van der Waals surface area contributed by atoms with Crippen LogP contribution >= 0.6 is 0 Å². The summed E-state index contributed by atoms with van der Waals surface area (Å²) in [5.41, 5.74) is 5.03. The normalized spacial score (nSPS) is 11.2. The predicted molar refractivity (Wildman–Crippen MR) is 48.5 cm³/mol. The molecule has 0 aliphatic rings. The summed E-state index contributed by atoms with van der Waals surface area (Å²) in [6.07, 6.45) is 1.68. The van der Waals surface area contributed by atoms with Gasteiger partial charge in [0.2, 0.25) is 0 Å². The van der Waals surface area contributed by atoms with E-state index >= 15 is 0 Å². The molecule has 0 radical (unpaired) electrons. The summed E-state index contributed by atoms with van der Waals surface area (Å²) in [5.74, 6) is 0. The molecule has 12 heavy (non-hydrogen) atoms. The van der Waals surface area contributed by atoms with Crippen molar-refractivity contribution in [1.82, 2.24) is 0 Å². The maximum Gasteiger partial charge on any atom is 0.0684 e. The molecule has 0 amide bonds. The fourth-order valence-electron chi connectivity index (χ4n) is 0.671. The van der Waals surface area contributed by atoms with Gasteiger partial charge >= 0.3 is 0 Å². The monoisotopic (exact) mass is 170 g/mol. The fraction of sp³-hybridized carbons (Fsp3) is 0.889. The molecular weight excluding hydrogens is 152 g/mol. The summed E-state index contributed by atoms with van der Waals surface area (Å²) in [6.45, 7) is 5.86. The molecule has 0 aromatic rings. The number of ether oxygens (including phenoxy) is 1. The van der Waals surface area contributed by atoms with Crippen molar-refractivity contribution in [3.05, 3.63) is 0 Å². The number of hydrogen-bond donors (Lipinski definition) is 1. The van der Waals surface area contributed by atoms with Crippen molar-refractivity contribution in [3.63, 3.8) is 0 Å². The highest BCUT2D eigenvalue weighted by molar-refractivity contribution is 4.91. The van der Waals surface area contributed by atoms with Gasteiger partial charge in [0.15, 0.2) is 0 Å². The van der Waals surface area contributed by atoms with E-state index in [4.69, 9.17) is 15.7 Å². The molecule has 0 saturated carbocycles. The summed E-state index contributed by atoms with van der Waals surface area (Å²) in [4.78, 5) is 0. The molecule has 0 fully saturated rings. The van der Waals surface area contributed by atoms with Crippen LogP contribution in [0.4, 0.5) is 0 Å². The van der Waals surface area contributed by atoms with Crippen molar-refractivity contribution in [1.29, 1.82) is 5.26 Å². The van der Waals surface area contributed by atoms with Crippen LogP contribution in [0.1, 0.15) is 26.7 Å². The molecule has 0 atom stereocenters. The molecule has 0 spiro atoms. The van der Waals surface area contributed by atoms with Crippen LogP contribution < -0.4 is 5.73 Å². The Kier molecular flexibility index (Phi) is 5.69. The third-order valence-corrected chi connectivity index (χ3v) is 1.67. The summed E-state index contributed by atoms with van der Waals surface area (Å²) < 4.78 is 5.28. The zero-order valence-corrected chi connectivity index (χ0v) is 7.97. The maximum absolute atomic E-state index is 8.67. The van der Waals surface area contributed by atoms with E-state index < -0.39 is 0 Å². The van der Waals surface area contributed by atoms with Crippen molar-refractivity contribution < 1.29 is 4.74 Å². The Morgan fingerprint density at radius 1 is 1.42 bits per heavy atom. The number of rotatable bonds is 6. The lowest BCUT2D eigenvalue weighted by Crippen LogP contribution is -2.13. The van der Waals surface area contributed by atoms with E-state index in [0.29, 0.717) is 19.8 Å². The third kappa shape index (κ3) is 6.14. The highest BCUT2D eigenvalue weighted by atomic mass is 16.5. The molecular formula is C9H18N2O. The highest BCUT2D eigenvalue weighted by Gasteiger charge is 2.15. The largest absolute Gasteiger partial charge is 0.381 e. The van der Waals surface area contributed by atoms with Crippen LogP contribution in [0.15, 0.2) is 0 Å². The minimum absolute atomic E-state index is 0.261. The summed E-state index contributed by atoms with van der Waals surface area (Å²) in [6, 6.07) is 2.23. The van der Waals surface area contributed by atoms with Gasteiger partial charge in [0.25, 0.3) is 0 Å². The number of nitriles is 1. The van der Waals surface area contributed by atoms with Gasteiger partial charge in [-0.1, -0.05) is 0 Å². The molecule has 0 aromatic heterocycles. The molecule has 0 rings (SSSR count). The predicted octanol–water partition coefficient (Wildman–Crippen LogP) is 1.29. The lowest BCUT2D eigenvalue weighted by atomic mass is 9.92. The van der Waals surface area contributed by atoms with Crippen LogP contribution in [-0.4, -0.2) is 19.8 Å². The van der Waals surface area contributed by atoms with E-state index in [-0.39, 0.29) is 5.41 Å². The second-order valence-corrected chi connectivity index (χ2v) is 3.50. The first-order valence-electron chi connectivity index (χ1n) is 4.31. The first-order chi connectivity index (χ1) is 5.62. The molecule has 0 bridgehead atoms. The van der Waals surface area contributed by atoms with Crippen molar-refractivity contribution in [2.24, 2.45) is 11.1 Å². The van der Waals surface area contributed by atoms with Gasteiger partial charge in [-0.25, -0.2) is 0 Å². The topological polar surface area (TPSA) is 59.0 Å². The molecule has 0 aliphatic heterocycles. The van der Waals surface area contributed by atoms with Crippen LogP contribution in [0.3, 0.4) is 0 Å². The van der Waals surface area contributed by atoms with Gasteiger partial charge < -0.3 is 10.5 Å². The highest BCUT2D eigenvalue weighted by Crippen LogP contribution is 2.17. The van der Waals surface area contributed by atoms with Crippen molar-refractivity contribution in [2.45, 2.75) is 26.7 Å². The average molecular weight is 170 g/mol. The molecule has 2 N–H and O–H groups in total. The lowest BCUT2D eigenvalue weighted by Gasteiger charge is -2.14. The van der Waals surface area contributed by atoms with Gasteiger partial charge in [0.05, 0.1) is 11.5 Å². The van der Waals surface area contributed by atoms with Gasteiger partial charge in [0.1, 0.15) is 0 Å². The van der Waals surface area contributed by atoms with Gasteiger partial charge in [-0.05, 0) is 33.2 Å². The van der Waals surface area contributed by atoms with Crippen LogP contribution in [0.5, 0.6) is 0 Å². The SMILES string of the molecule is CC(C)(C#N)CCOCCCN. The Morgan fingerprint density at radius 3 is 2.58 bits per heavy atom. The number of hydrogen-bond acceptors (Lipinski definition) is 3. The van der Waals surface area contributed by atoms with E-state index in [1.807, 2.05) is 13.8 Å². The smallest absolute Gasteiger partial charge is 0.0684 e. The Labute approximate surface area is 74.5 Å². The van der Waals surface area contributed by atoms with Crippen molar-refractivity contribution >= 4 is 0 Å². The second-order valence-electron chi connectivity index (χ2n) is 3.50. The van der Waals surface area contributed by atoms with E-state index in [1.165, 1.54) is 0 Å². The van der Waals surface area contributed by atoms with Gasteiger partial charge in [-0.15, -0.1) is 0 Å². The molecule has 0 unspecified atom stereocenters. The van der Waals surface area contributed by atoms with Gasteiger partial charge in [-0.2, -0.15) is 5.26 Å². The van der Waals surface area contributed by atoms with E-state index in [1.54, 1.807) is 0 Å². The number of nitrogens with two attached hydrogens (primary N) is 1. The zero-order chi connectivity index (χ0) is 9.45. The fourth-order valence-corrected chi connectivity index (χ4v) is 0.671. The van der Waals surface area contributed by atoms with Crippen molar-refractivity contribution in [3.8, 4) is 6.07 Å². The van der Waals surface area contributed by atoms with Crippen LogP contribution in [-0.2, 0) is 4.74 Å². The Balaban J connectivity index is 3.27. The van der Waals surface area contributed by atoms with E-state index in [0.717, 1.165) is 12.8 Å². The van der Waals surface area contributed by atoms with Gasteiger partial charge in [-0.3, -0.25) is 0 Å². The number of nitrogens with zero attached hydrogens (tertiary/aromatic N) is 1. The summed E-state index contributed by atoms with van der Waals surface area (Å²) in [7, 11) is 0. The maximum atomic E-state index is 8.67. The second kappa shape index (κ2) is 5.99. The molecule has 0 aliphatic carbocycles. The van der Waals surface area contributed by atoms with Crippen LogP contribution in [0.2, 0.25) is 0 Å². The zero-order valence-electron chi connectivity index (χ0n) is 7.97.